The van der Waals surface area contributed by atoms with E-state index in [-0.39, 0.29) is 11.1 Å². The van der Waals surface area contributed by atoms with Crippen LogP contribution >= 0.6 is 0 Å². The highest BCUT2D eigenvalue weighted by Gasteiger charge is 2.26. The second-order valence-corrected chi connectivity index (χ2v) is 9.37. The summed E-state index contributed by atoms with van der Waals surface area (Å²) >= 11 is 0. The summed E-state index contributed by atoms with van der Waals surface area (Å²) in [4.78, 5) is 12.7. The van der Waals surface area contributed by atoms with Gasteiger partial charge >= 0.3 is 0 Å². The number of benzene rings is 2. The summed E-state index contributed by atoms with van der Waals surface area (Å²) in [6, 6.07) is 15.0. The fourth-order valence-corrected chi connectivity index (χ4v) is 3.61. The van der Waals surface area contributed by atoms with Crippen LogP contribution in [0.1, 0.15) is 62.9 Å². The molecule has 0 heterocycles. The number of halogens is 1. The van der Waals surface area contributed by atoms with Crippen LogP contribution in [0.5, 0.6) is 0 Å². The zero-order valence-electron chi connectivity index (χ0n) is 19.2. The number of rotatable bonds is 12. The molecule has 2 atom stereocenters. The molecule has 5 heteroatoms. The van der Waals surface area contributed by atoms with Gasteiger partial charge in [-0.05, 0) is 50.3 Å². The smallest absolute Gasteiger partial charge is 0.254 e. The summed E-state index contributed by atoms with van der Waals surface area (Å²) in [5.41, 5.74) is 0.856. The van der Waals surface area contributed by atoms with E-state index in [0.717, 1.165) is 18.4 Å². The van der Waals surface area contributed by atoms with Gasteiger partial charge in [0.05, 0.1) is 17.7 Å². The largest absolute Gasteiger partial charge is 0.390 e. The van der Waals surface area contributed by atoms with Crippen LogP contribution in [-0.4, -0.2) is 35.2 Å². The van der Waals surface area contributed by atoms with Gasteiger partial charge in [0.25, 0.3) is 5.91 Å². The summed E-state index contributed by atoms with van der Waals surface area (Å²) in [6.45, 7) is 9.03. The average Bonchev–Trinajstić information content (AvgIpc) is 2.72. The lowest BCUT2D eigenvalue weighted by Gasteiger charge is -2.31. The Bertz CT molecular complexity index is 808. The van der Waals surface area contributed by atoms with Crippen molar-refractivity contribution in [3.63, 3.8) is 0 Å². The van der Waals surface area contributed by atoms with Gasteiger partial charge in [-0.15, -0.1) is 0 Å². The number of carbonyl (C=O) groups excluding carboxylic acids is 1. The highest BCUT2D eigenvalue weighted by molar-refractivity contribution is 5.94. The molecule has 0 aliphatic rings. The minimum Gasteiger partial charge on any atom is -0.390 e. The van der Waals surface area contributed by atoms with E-state index in [1.165, 1.54) is 18.6 Å². The Labute approximate surface area is 186 Å². The maximum Gasteiger partial charge on any atom is 0.254 e. The number of hydrogen-bond acceptors (Lipinski definition) is 3. The van der Waals surface area contributed by atoms with Crippen molar-refractivity contribution < 1.29 is 14.3 Å². The van der Waals surface area contributed by atoms with Gasteiger partial charge in [0.15, 0.2) is 0 Å². The summed E-state index contributed by atoms with van der Waals surface area (Å²) in [6.07, 6.45) is 2.93. The minimum absolute atomic E-state index is 0.0188. The lowest BCUT2D eigenvalue weighted by atomic mass is 9.93. The van der Waals surface area contributed by atoms with Gasteiger partial charge in [0.2, 0.25) is 0 Å². The standard InChI is InChI=1S/C26H37FN2O2/c1-19(2)11-10-16-26(3,4)28-18-24(30)23(17-20-12-6-5-7-13-20)29-25(31)21-14-8-9-15-22(21)27/h5-9,12-15,19,23-24,28,30H,10-11,16-18H2,1-4H3,(H,29,31)/t23-,24-/m0/s1. The lowest BCUT2D eigenvalue weighted by molar-refractivity contribution is 0.0808. The molecule has 3 N–H and O–H groups in total. The molecular weight excluding hydrogens is 391 g/mol. The van der Waals surface area contributed by atoms with Crippen molar-refractivity contribution in [3.8, 4) is 0 Å². The molecule has 0 fully saturated rings. The number of hydrogen-bond donors (Lipinski definition) is 3. The normalized spacial score (nSPS) is 13.8. The summed E-state index contributed by atoms with van der Waals surface area (Å²) in [7, 11) is 0. The molecule has 0 saturated heterocycles. The van der Waals surface area contributed by atoms with Gasteiger partial charge < -0.3 is 15.7 Å². The Hall–Kier alpha value is -2.24. The van der Waals surface area contributed by atoms with Gasteiger partial charge in [-0.1, -0.05) is 69.2 Å². The Morgan fingerprint density at radius 1 is 1.06 bits per heavy atom. The van der Waals surface area contributed by atoms with Crippen molar-refractivity contribution in [2.45, 2.75) is 71.1 Å². The van der Waals surface area contributed by atoms with E-state index in [1.54, 1.807) is 12.1 Å². The van der Waals surface area contributed by atoms with E-state index in [9.17, 15) is 14.3 Å². The minimum atomic E-state index is -0.819. The SMILES string of the molecule is CC(C)CCCC(C)(C)NC[C@H](O)[C@H](Cc1ccccc1)NC(=O)c1ccccc1F. The lowest BCUT2D eigenvalue weighted by Crippen LogP contribution is -2.52. The third kappa shape index (κ3) is 8.80. The van der Waals surface area contributed by atoms with E-state index < -0.39 is 23.9 Å². The third-order valence-corrected chi connectivity index (χ3v) is 5.57. The molecule has 0 aromatic heterocycles. The van der Waals surface area contributed by atoms with E-state index in [1.807, 2.05) is 30.3 Å². The Balaban J connectivity index is 2.05. The highest BCUT2D eigenvalue weighted by atomic mass is 19.1. The van der Waals surface area contributed by atoms with Gasteiger partial charge in [-0.25, -0.2) is 4.39 Å². The molecule has 4 nitrogen and oxygen atoms in total. The van der Waals surface area contributed by atoms with Crippen LogP contribution < -0.4 is 10.6 Å². The van der Waals surface area contributed by atoms with Gasteiger partial charge in [-0.3, -0.25) is 4.79 Å². The fraction of sp³-hybridized carbons (Fsp3) is 0.500. The molecular formula is C26H37FN2O2. The van der Waals surface area contributed by atoms with Gasteiger partial charge in [-0.2, -0.15) is 0 Å². The summed E-state index contributed by atoms with van der Waals surface area (Å²) < 4.78 is 14.1. The van der Waals surface area contributed by atoms with Crippen LogP contribution in [-0.2, 0) is 6.42 Å². The molecule has 31 heavy (non-hydrogen) atoms. The number of nitrogens with one attached hydrogen (secondary N) is 2. The van der Waals surface area contributed by atoms with Crippen LogP contribution in [0, 0.1) is 11.7 Å². The number of amides is 1. The second-order valence-electron chi connectivity index (χ2n) is 9.37. The number of β-amino-alcohol motifs (C(OH)–C–C–N with tert-alkyl or cyclic N) is 1. The highest BCUT2D eigenvalue weighted by Crippen LogP contribution is 2.17. The molecule has 0 radical (unpaired) electrons. The van der Waals surface area contributed by atoms with Crippen LogP contribution in [0.3, 0.4) is 0 Å². The van der Waals surface area contributed by atoms with Crippen molar-refractivity contribution in [3.05, 3.63) is 71.5 Å². The molecule has 1 amide bonds. The molecule has 2 aromatic rings. The van der Waals surface area contributed by atoms with Crippen LogP contribution in [0.25, 0.3) is 0 Å². The van der Waals surface area contributed by atoms with Crippen LogP contribution in [0.2, 0.25) is 0 Å². The molecule has 0 aliphatic carbocycles. The maximum absolute atomic E-state index is 14.1. The number of aliphatic hydroxyl groups excluding tert-OH is 1. The number of aliphatic hydroxyl groups is 1. The Kier molecular flexibility index (Phi) is 9.66. The molecule has 0 unspecified atom stereocenters. The van der Waals surface area contributed by atoms with Gasteiger partial charge in [0.1, 0.15) is 5.82 Å². The molecule has 0 saturated carbocycles. The maximum atomic E-state index is 14.1. The van der Waals surface area contributed by atoms with Crippen molar-refractivity contribution in [1.29, 1.82) is 0 Å². The predicted octanol–water partition coefficient (Wildman–Crippen LogP) is 4.72. The van der Waals surface area contributed by atoms with Crippen molar-refractivity contribution in [2.24, 2.45) is 5.92 Å². The molecule has 2 rings (SSSR count). The fourth-order valence-electron chi connectivity index (χ4n) is 3.61. The predicted molar refractivity (Wildman–Crippen MR) is 125 cm³/mol. The quantitative estimate of drug-likeness (QED) is 0.458. The molecule has 0 spiro atoms. The topological polar surface area (TPSA) is 61.4 Å². The molecule has 2 aromatic carbocycles. The first-order valence-electron chi connectivity index (χ1n) is 11.2. The Morgan fingerprint density at radius 3 is 2.35 bits per heavy atom. The van der Waals surface area contributed by atoms with E-state index >= 15 is 0 Å². The van der Waals surface area contributed by atoms with Crippen LogP contribution in [0.15, 0.2) is 54.6 Å². The first-order valence-corrected chi connectivity index (χ1v) is 11.2. The van der Waals surface area contributed by atoms with Gasteiger partial charge in [0, 0.05) is 12.1 Å². The van der Waals surface area contributed by atoms with E-state index in [4.69, 9.17) is 0 Å². The summed E-state index contributed by atoms with van der Waals surface area (Å²) in [5.74, 6) is -0.420. The third-order valence-electron chi connectivity index (χ3n) is 5.57. The van der Waals surface area contributed by atoms with Crippen LogP contribution in [0.4, 0.5) is 4.39 Å². The second kappa shape index (κ2) is 12.0. The number of carbonyl (C=O) groups is 1. The zero-order valence-corrected chi connectivity index (χ0v) is 19.2. The van der Waals surface area contributed by atoms with E-state index in [2.05, 4.69) is 38.3 Å². The summed E-state index contributed by atoms with van der Waals surface area (Å²) in [5, 5.41) is 17.2. The first kappa shape index (κ1) is 25.0. The zero-order chi connectivity index (χ0) is 22.9. The van der Waals surface area contributed by atoms with E-state index in [0.29, 0.717) is 18.9 Å². The molecule has 0 bridgehead atoms. The molecule has 170 valence electrons. The monoisotopic (exact) mass is 428 g/mol. The van der Waals surface area contributed by atoms with Crippen molar-refractivity contribution in [2.75, 3.05) is 6.54 Å². The Morgan fingerprint density at radius 2 is 1.71 bits per heavy atom. The first-order chi connectivity index (χ1) is 14.7. The molecule has 0 aliphatic heterocycles. The van der Waals surface area contributed by atoms with Crippen molar-refractivity contribution >= 4 is 5.91 Å². The van der Waals surface area contributed by atoms with Crippen molar-refractivity contribution in [1.82, 2.24) is 10.6 Å². The average molecular weight is 429 g/mol.